The summed E-state index contributed by atoms with van der Waals surface area (Å²) in [4.78, 5) is 0. The first-order valence-corrected chi connectivity index (χ1v) is 8.28. The lowest BCUT2D eigenvalue weighted by Crippen LogP contribution is -2.22. The smallest absolute Gasteiger partial charge is 0.155 e. The minimum absolute atomic E-state index is 0.0587. The predicted octanol–water partition coefficient (Wildman–Crippen LogP) is 2.78. The van der Waals surface area contributed by atoms with Gasteiger partial charge in [0.1, 0.15) is 12.4 Å². The van der Waals surface area contributed by atoms with Gasteiger partial charge in [-0.3, -0.25) is 0 Å². The Bertz CT molecular complexity index is 455. The normalized spacial score (nSPS) is 11.8. The Kier molecular flexibility index (Phi) is 5.46. The number of hydrogen-bond acceptors (Lipinski definition) is 3. The monoisotopic (exact) mass is 320 g/mol. The van der Waals surface area contributed by atoms with Crippen molar-refractivity contribution in [2.24, 2.45) is 0 Å². The zero-order chi connectivity index (χ0) is 12.9. The minimum atomic E-state index is -3.02. The van der Waals surface area contributed by atoms with E-state index in [1.165, 1.54) is 0 Å². The second-order valence-electron chi connectivity index (χ2n) is 4.05. The molecule has 0 aromatic heterocycles. The molecule has 1 aromatic carbocycles. The van der Waals surface area contributed by atoms with E-state index in [0.29, 0.717) is 5.75 Å². The van der Waals surface area contributed by atoms with Crippen molar-refractivity contribution in [3.05, 3.63) is 29.8 Å². The van der Waals surface area contributed by atoms with Gasteiger partial charge in [0.2, 0.25) is 0 Å². The van der Waals surface area contributed by atoms with E-state index in [-0.39, 0.29) is 17.6 Å². The van der Waals surface area contributed by atoms with Crippen LogP contribution in [0, 0.1) is 0 Å². The fourth-order valence-electron chi connectivity index (χ4n) is 1.23. The Labute approximate surface area is 111 Å². The Hall–Kier alpha value is -0.550. The van der Waals surface area contributed by atoms with E-state index in [2.05, 4.69) is 15.9 Å². The lowest BCUT2D eigenvalue weighted by Gasteiger charge is -2.09. The van der Waals surface area contributed by atoms with Gasteiger partial charge in [0.05, 0.1) is 11.0 Å². The van der Waals surface area contributed by atoms with Crippen molar-refractivity contribution in [3.8, 4) is 5.75 Å². The number of alkyl halides is 1. The Balaban J connectivity index is 2.51. The molecule has 0 atom stereocenters. The van der Waals surface area contributed by atoms with E-state index in [1.807, 2.05) is 24.3 Å². The summed E-state index contributed by atoms with van der Waals surface area (Å²) in [6.45, 7) is 3.56. The molecule has 0 aliphatic heterocycles. The van der Waals surface area contributed by atoms with Crippen LogP contribution in [0.25, 0.3) is 0 Å². The zero-order valence-corrected chi connectivity index (χ0v) is 12.4. The molecule has 0 N–H and O–H groups in total. The maximum absolute atomic E-state index is 11.6. The summed E-state index contributed by atoms with van der Waals surface area (Å²) in [5.74, 6) is 0.768. The third kappa shape index (κ3) is 4.68. The first kappa shape index (κ1) is 14.5. The molecule has 0 aliphatic carbocycles. The van der Waals surface area contributed by atoms with E-state index in [0.717, 1.165) is 10.9 Å². The number of rotatable bonds is 6. The van der Waals surface area contributed by atoms with Crippen LogP contribution in [-0.4, -0.2) is 26.0 Å². The third-order valence-electron chi connectivity index (χ3n) is 2.41. The van der Waals surface area contributed by atoms with Crippen LogP contribution in [0.4, 0.5) is 0 Å². The molecule has 1 rings (SSSR count). The zero-order valence-electron chi connectivity index (χ0n) is 10.0. The molecular weight excluding hydrogens is 304 g/mol. The number of hydrogen-bond donors (Lipinski definition) is 0. The molecule has 96 valence electrons. The summed E-state index contributed by atoms with van der Waals surface area (Å²) >= 11 is 3.36. The van der Waals surface area contributed by atoms with Gasteiger partial charge in [0.25, 0.3) is 0 Å². The molecule has 0 radical (unpaired) electrons. The standard InChI is InChI=1S/C12H17BrO3S/c1-10(2)17(14,15)7-6-16-12-5-3-4-11(8-12)9-13/h3-5,8,10H,6-7,9H2,1-2H3. The highest BCUT2D eigenvalue weighted by molar-refractivity contribution is 9.08. The molecule has 1 aromatic rings. The van der Waals surface area contributed by atoms with Gasteiger partial charge in [0, 0.05) is 5.33 Å². The Morgan fingerprint density at radius 1 is 1.35 bits per heavy atom. The number of sulfone groups is 1. The van der Waals surface area contributed by atoms with Crippen molar-refractivity contribution in [3.63, 3.8) is 0 Å². The molecular formula is C12H17BrO3S. The maximum Gasteiger partial charge on any atom is 0.155 e. The second-order valence-corrected chi connectivity index (χ2v) is 7.28. The average molecular weight is 321 g/mol. The first-order valence-electron chi connectivity index (χ1n) is 5.45. The molecule has 0 saturated heterocycles. The van der Waals surface area contributed by atoms with Gasteiger partial charge in [-0.25, -0.2) is 8.42 Å². The lowest BCUT2D eigenvalue weighted by atomic mass is 10.2. The molecule has 5 heteroatoms. The largest absolute Gasteiger partial charge is 0.493 e. The molecule has 17 heavy (non-hydrogen) atoms. The molecule has 0 amide bonds. The van der Waals surface area contributed by atoms with Crippen molar-refractivity contribution < 1.29 is 13.2 Å². The second kappa shape index (κ2) is 6.40. The van der Waals surface area contributed by atoms with Gasteiger partial charge in [0.15, 0.2) is 9.84 Å². The van der Waals surface area contributed by atoms with Crippen LogP contribution in [0.15, 0.2) is 24.3 Å². The van der Waals surface area contributed by atoms with E-state index in [1.54, 1.807) is 13.8 Å². The molecule has 0 saturated carbocycles. The molecule has 0 aliphatic rings. The van der Waals surface area contributed by atoms with Gasteiger partial charge in [-0.05, 0) is 31.5 Å². The SMILES string of the molecule is CC(C)S(=O)(=O)CCOc1cccc(CBr)c1. The van der Waals surface area contributed by atoms with Crippen LogP contribution < -0.4 is 4.74 Å². The van der Waals surface area contributed by atoms with Gasteiger partial charge in [-0.1, -0.05) is 28.1 Å². The van der Waals surface area contributed by atoms with Gasteiger partial charge in [-0.2, -0.15) is 0 Å². The Morgan fingerprint density at radius 2 is 2.06 bits per heavy atom. The number of halogens is 1. The van der Waals surface area contributed by atoms with E-state index < -0.39 is 9.84 Å². The molecule has 0 unspecified atom stereocenters. The first-order chi connectivity index (χ1) is 7.95. The number of ether oxygens (including phenoxy) is 1. The van der Waals surface area contributed by atoms with Crippen molar-refractivity contribution in [1.29, 1.82) is 0 Å². The van der Waals surface area contributed by atoms with Crippen molar-refractivity contribution >= 4 is 25.8 Å². The quantitative estimate of drug-likeness (QED) is 0.757. The average Bonchev–Trinajstić information content (AvgIpc) is 2.29. The van der Waals surface area contributed by atoms with Crippen LogP contribution in [0.3, 0.4) is 0 Å². The lowest BCUT2D eigenvalue weighted by molar-refractivity contribution is 0.340. The molecule has 0 fully saturated rings. The predicted molar refractivity (Wildman–Crippen MR) is 73.5 cm³/mol. The van der Waals surface area contributed by atoms with Crippen LogP contribution in [0.2, 0.25) is 0 Å². The fraction of sp³-hybridized carbons (Fsp3) is 0.500. The summed E-state index contributed by atoms with van der Waals surface area (Å²) in [6.07, 6.45) is 0. The maximum atomic E-state index is 11.6. The minimum Gasteiger partial charge on any atom is -0.493 e. The van der Waals surface area contributed by atoms with Crippen LogP contribution in [-0.2, 0) is 15.2 Å². The summed E-state index contributed by atoms with van der Waals surface area (Å²) in [6, 6.07) is 7.60. The third-order valence-corrected chi connectivity index (χ3v) is 5.23. The van der Waals surface area contributed by atoms with Crippen molar-refractivity contribution in [1.82, 2.24) is 0 Å². The summed E-state index contributed by atoms with van der Waals surface area (Å²) in [7, 11) is -3.02. The van der Waals surface area contributed by atoms with Crippen molar-refractivity contribution in [2.45, 2.75) is 24.4 Å². The van der Waals surface area contributed by atoms with Crippen molar-refractivity contribution in [2.75, 3.05) is 12.4 Å². The van der Waals surface area contributed by atoms with Crippen LogP contribution in [0.1, 0.15) is 19.4 Å². The van der Waals surface area contributed by atoms with Gasteiger partial charge >= 0.3 is 0 Å². The summed E-state index contributed by atoms with van der Waals surface area (Å²) < 4.78 is 28.5. The molecule has 0 bridgehead atoms. The summed E-state index contributed by atoms with van der Waals surface area (Å²) in [5, 5.41) is 0.411. The Morgan fingerprint density at radius 3 is 2.65 bits per heavy atom. The number of benzene rings is 1. The van der Waals surface area contributed by atoms with E-state index in [9.17, 15) is 8.42 Å². The van der Waals surface area contributed by atoms with Crippen LogP contribution >= 0.6 is 15.9 Å². The van der Waals surface area contributed by atoms with Crippen LogP contribution in [0.5, 0.6) is 5.75 Å². The molecule has 0 heterocycles. The van der Waals surface area contributed by atoms with E-state index >= 15 is 0 Å². The topological polar surface area (TPSA) is 43.4 Å². The molecule has 3 nitrogen and oxygen atoms in total. The highest BCUT2D eigenvalue weighted by Crippen LogP contribution is 2.15. The van der Waals surface area contributed by atoms with Gasteiger partial charge < -0.3 is 4.74 Å². The highest BCUT2D eigenvalue weighted by Gasteiger charge is 2.15. The van der Waals surface area contributed by atoms with E-state index in [4.69, 9.17) is 4.74 Å². The highest BCUT2D eigenvalue weighted by atomic mass is 79.9. The molecule has 0 spiro atoms. The van der Waals surface area contributed by atoms with Gasteiger partial charge in [-0.15, -0.1) is 0 Å². The fourth-order valence-corrected chi connectivity index (χ4v) is 2.37. The summed E-state index contributed by atoms with van der Waals surface area (Å²) in [5.41, 5.74) is 1.11.